The van der Waals surface area contributed by atoms with Gasteiger partial charge in [-0.1, -0.05) is 18.7 Å². The summed E-state index contributed by atoms with van der Waals surface area (Å²) >= 11 is 4.93. The maximum Gasteiger partial charge on any atom is 0.247 e. The number of sulfone groups is 1. The molecule has 7 nitrogen and oxygen atoms in total. The Hall–Kier alpha value is -1.26. The molecule has 1 aromatic carbocycles. The van der Waals surface area contributed by atoms with Gasteiger partial charge < -0.3 is 14.4 Å². The monoisotopic (exact) mass is 490 g/mol. The van der Waals surface area contributed by atoms with Gasteiger partial charge in [0.2, 0.25) is 5.91 Å². The molecule has 0 aromatic heterocycles. The molecule has 1 aromatic rings. The highest BCUT2D eigenvalue weighted by Crippen LogP contribution is 2.46. The van der Waals surface area contributed by atoms with Crippen LogP contribution in [0.1, 0.15) is 27.2 Å². The first kappa shape index (κ1) is 21.4. The number of anilines is 1. The normalized spacial score (nSPS) is 24.4. The number of ether oxygens (including phenoxy) is 2. The third-order valence-corrected chi connectivity index (χ3v) is 8.31. The van der Waals surface area contributed by atoms with E-state index in [-0.39, 0.29) is 28.7 Å². The molecule has 0 unspecified atom stereocenters. The molecule has 2 aliphatic rings. The Bertz CT molecular complexity index is 903. The largest absolute Gasteiger partial charge is 0.490 e. The van der Waals surface area contributed by atoms with Crippen LogP contribution >= 0.6 is 27.7 Å². The standard InChI is InChI=1S/C18H23BrN2O5S2/c1-4-17(22)20-18-21(13-9-28(23,24)10-16(13)27-18)12-8-15(26-6-3)14(25-5-2)7-11(12)19/h7-8,13,16H,4-6,9-10H2,1-3H3/t13-,16+/m1/s1. The maximum atomic E-state index is 12.2. The van der Waals surface area contributed by atoms with Crippen LogP contribution in [0.5, 0.6) is 11.5 Å². The zero-order chi connectivity index (χ0) is 20.5. The third-order valence-electron chi connectivity index (χ3n) is 4.46. The average molecular weight is 491 g/mol. The molecule has 0 aliphatic carbocycles. The van der Waals surface area contributed by atoms with Gasteiger partial charge in [0.15, 0.2) is 26.5 Å². The van der Waals surface area contributed by atoms with Crippen LogP contribution in [0.2, 0.25) is 0 Å². The zero-order valence-electron chi connectivity index (χ0n) is 16.0. The van der Waals surface area contributed by atoms with E-state index in [1.807, 2.05) is 30.9 Å². The van der Waals surface area contributed by atoms with Gasteiger partial charge in [0.05, 0.1) is 36.4 Å². The van der Waals surface area contributed by atoms with Crippen molar-refractivity contribution in [3.63, 3.8) is 0 Å². The fraction of sp³-hybridized carbons (Fsp3) is 0.556. The molecule has 3 rings (SSSR count). The minimum atomic E-state index is -3.13. The number of amides is 1. The van der Waals surface area contributed by atoms with Crippen molar-refractivity contribution in [1.29, 1.82) is 0 Å². The van der Waals surface area contributed by atoms with E-state index in [4.69, 9.17) is 9.47 Å². The molecule has 0 spiro atoms. The van der Waals surface area contributed by atoms with Crippen LogP contribution < -0.4 is 14.4 Å². The number of fused-ring (bicyclic) bond motifs is 1. The molecule has 2 fully saturated rings. The van der Waals surface area contributed by atoms with Gasteiger partial charge in [0.25, 0.3) is 0 Å². The Balaban J connectivity index is 2.09. The van der Waals surface area contributed by atoms with Gasteiger partial charge >= 0.3 is 0 Å². The van der Waals surface area contributed by atoms with Crippen molar-refractivity contribution < 1.29 is 22.7 Å². The maximum absolute atomic E-state index is 12.2. The summed E-state index contributed by atoms with van der Waals surface area (Å²) in [5.41, 5.74) is 0.714. The summed E-state index contributed by atoms with van der Waals surface area (Å²) < 4.78 is 36.5. The Morgan fingerprint density at radius 1 is 1.21 bits per heavy atom. The lowest BCUT2D eigenvalue weighted by Crippen LogP contribution is -2.38. The van der Waals surface area contributed by atoms with Crippen molar-refractivity contribution >= 4 is 54.3 Å². The van der Waals surface area contributed by atoms with E-state index >= 15 is 0 Å². The van der Waals surface area contributed by atoms with Gasteiger partial charge in [-0.15, -0.1) is 0 Å². The van der Waals surface area contributed by atoms with Crippen molar-refractivity contribution in [2.45, 2.75) is 38.5 Å². The number of hydrogen-bond acceptors (Lipinski definition) is 6. The number of halogens is 1. The Morgan fingerprint density at radius 2 is 1.86 bits per heavy atom. The van der Waals surface area contributed by atoms with Crippen LogP contribution in [-0.2, 0) is 14.6 Å². The van der Waals surface area contributed by atoms with Crippen LogP contribution in [-0.4, -0.2) is 55.5 Å². The van der Waals surface area contributed by atoms with E-state index in [9.17, 15) is 13.2 Å². The molecule has 2 saturated heterocycles. The first-order chi connectivity index (χ1) is 13.3. The van der Waals surface area contributed by atoms with E-state index in [1.165, 1.54) is 11.8 Å². The molecule has 1 amide bonds. The summed E-state index contributed by atoms with van der Waals surface area (Å²) in [6, 6.07) is 3.35. The molecule has 10 heteroatoms. The van der Waals surface area contributed by atoms with E-state index in [2.05, 4.69) is 20.9 Å². The lowest BCUT2D eigenvalue weighted by molar-refractivity contribution is -0.117. The first-order valence-corrected chi connectivity index (χ1v) is 12.7. The SMILES string of the molecule is CCOc1cc(Br)c(N2C(=NC(=O)CC)S[C@H]3CS(=O)(=O)C[C@H]32)cc1OCC. The van der Waals surface area contributed by atoms with Crippen molar-refractivity contribution in [3.05, 3.63) is 16.6 Å². The molecule has 2 atom stereocenters. The van der Waals surface area contributed by atoms with Gasteiger partial charge in [-0.05, 0) is 29.8 Å². The van der Waals surface area contributed by atoms with Crippen molar-refractivity contribution in [1.82, 2.24) is 0 Å². The Labute approximate surface area is 177 Å². The number of nitrogens with zero attached hydrogens (tertiary/aromatic N) is 2. The lowest BCUT2D eigenvalue weighted by Gasteiger charge is -2.27. The molecular formula is C18H23BrN2O5S2. The fourth-order valence-electron chi connectivity index (χ4n) is 3.28. The quantitative estimate of drug-likeness (QED) is 0.604. The van der Waals surface area contributed by atoms with Crippen LogP contribution in [0.3, 0.4) is 0 Å². The predicted molar refractivity (Wildman–Crippen MR) is 116 cm³/mol. The van der Waals surface area contributed by atoms with E-state index < -0.39 is 9.84 Å². The molecule has 0 saturated carbocycles. The van der Waals surface area contributed by atoms with Crippen molar-refractivity contribution in [2.24, 2.45) is 4.99 Å². The number of amidine groups is 1. The zero-order valence-corrected chi connectivity index (χ0v) is 19.2. The molecule has 0 bridgehead atoms. The lowest BCUT2D eigenvalue weighted by atomic mass is 10.2. The van der Waals surface area contributed by atoms with E-state index in [0.29, 0.717) is 42.0 Å². The molecule has 2 aliphatic heterocycles. The third kappa shape index (κ3) is 4.33. The molecular weight excluding hydrogens is 468 g/mol. The van der Waals surface area contributed by atoms with Gasteiger partial charge in [-0.2, -0.15) is 4.99 Å². The number of benzene rings is 1. The average Bonchev–Trinajstić information content (AvgIpc) is 3.08. The second-order valence-corrected chi connectivity index (χ2v) is 10.6. The highest BCUT2D eigenvalue weighted by atomic mass is 79.9. The van der Waals surface area contributed by atoms with E-state index in [1.54, 1.807) is 6.92 Å². The summed E-state index contributed by atoms with van der Waals surface area (Å²) in [7, 11) is -3.13. The summed E-state index contributed by atoms with van der Waals surface area (Å²) in [5, 5.41) is 0.381. The highest BCUT2D eigenvalue weighted by molar-refractivity contribution is 9.10. The van der Waals surface area contributed by atoms with Crippen molar-refractivity contribution in [3.8, 4) is 11.5 Å². The Morgan fingerprint density at radius 3 is 2.46 bits per heavy atom. The summed E-state index contributed by atoms with van der Waals surface area (Å²) in [6.45, 7) is 6.48. The number of aliphatic imine (C=N–C) groups is 1. The minimum Gasteiger partial charge on any atom is -0.490 e. The molecule has 154 valence electrons. The molecule has 0 N–H and O–H groups in total. The smallest absolute Gasteiger partial charge is 0.247 e. The molecule has 2 heterocycles. The number of hydrogen-bond donors (Lipinski definition) is 0. The second kappa shape index (κ2) is 8.62. The van der Waals surface area contributed by atoms with Crippen LogP contribution in [0.15, 0.2) is 21.6 Å². The fourth-order valence-corrected chi connectivity index (χ4v) is 7.72. The van der Waals surface area contributed by atoms with Gasteiger partial charge in [0.1, 0.15) is 0 Å². The topological polar surface area (TPSA) is 85.3 Å². The van der Waals surface area contributed by atoms with Crippen LogP contribution in [0, 0.1) is 0 Å². The van der Waals surface area contributed by atoms with Gasteiger partial charge in [-0.3, -0.25) is 4.79 Å². The number of carbonyl (C=O) groups is 1. The molecule has 0 radical (unpaired) electrons. The van der Waals surface area contributed by atoms with Crippen LogP contribution in [0.25, 0.3) is 0 Å². The Kier molecular flexibility index (Phi) is 6.61. The van der Waals surface area contributed by atoms with Crippen LogP contribution in [0.4, 0.5) is 5.69 Å². The summed E-state index contributed by atoms with van der Waals surface area (Å²) in [6.07, 6.45) is 0.292. The minimum absolute atomic E-state index is 0.0353. The number of rotatable bonds is 6. The summed E-state index contributed by atoms with van der Waals surface area (Å²) in [5.74, 6) is 1.06. The number of carbonyl (C=O) groups excluding carboxylic acids is 1. The van der Waals surface area contributed by atoms with Gasteiger partial charge in [-0.25, -0.2) is 8.42 Å². The first-order valence-electron chi connectivity index (χ1n) is 9.16. The summed E-state index contributed by atoms with van der Waals surface area (Å²) in [4.78, 5) is 18.1. The van der Waals surface area contributed by atoms with E-state index in [0.717, 1.165) is 4.47 Å². The second-order valence-electron chi connectivity index (χ2n) is 6.43. The highest BCUT2D eigenvalue weighted by Gasteiger charge is 2.50. The molecule has 28 heavy (non-hydrogen) atoms. The van der Waals surface area contributed by atoms with Crippen molar-refractivity contribution in [2.75, 3.05) is 29.6 Å². The predicted octanol–water partition coefficient (Wildman–Crippen LogP) is 3.26. The number of thioether (sulfide) groups is 1. The van der Waals surface area contributed by atoms with Gasteiger partial charge in [0, 0.05) is 28.3 Å².